The molecule has 0 atom stereocenters. The smallest absolute Gasteiger partial charge is 0.0794 e. The summed E-state index contributed by atoms with van der Waals surface area (Å²) < 4.78 is 0. The first kappa shape index (κ1) is 8.68. The van der Waals surface area contributed by atoms with E-state index in [4.69, 9.17) is 0 Å². The van der Waals surface area contributed by atoms with Crippen molar-refractivity contribution in [1.29, 1.82) is 0 Å². The summed E-state index contributed by atoms with van der Waals surface area (Å²) in [5.74, 6) is 0.725. The lowest BCUT2D eigenvalue weighted by atomic mass is 10.2. The highest BCUT2D eigenvalue weighted by Gasteiger charge is 1.94. The van der Waals surface area contributed by atoms with Gasteiger partial charge in [0, 0.05) is 17.6 Å². The zero-order valence-corrected chi connectivity index (χ0v) is 7.82. The molecule has 0 radical (unpaired) electrons. The highest BCUT2D eigenvalue weighted by molar-refractivity contribution is 7.09. The van der Waals surface area contributed by atoms with Crippen molar-refractivity contribution in [1.82, 2.24) is 10.3 Å². The second kappa shape index (κ2) is 4.46. The highest BCUT2D eigenvalue weighted by atomic mass is 32.1. The van der Waals surface area contributed by atoms with Crippen LogP contribution in [0.2, 0.25) is 0 Å². The van der Waals surface area contributed by atoms with E-state index >= 15 is 0 Å². The van der Waals surface area contributed by atoms with E-state index in [1.807, 2.05) is 11.7 Å². The molecule has 0 amide bonds. The third-order valence-corrected chi connectivity index (χ3v) is 2.11. The summed E-state index contributed by atoms with van der Waals surface area (Å²) in [6, 6.07) is 0. The number of nitrogens with one attached hydrogen (secondary N) is 1. The zero-order chi connectivity index (χ0) is 8.10. The van der Waals surface area contributed by atoms with Crippen LogP contribution in [0.25, 0.3) is 0 Å². The van der Waals surface area contributed by atoms with Gasteiger partial charge in [0.15, 0.2) is 0 Å². The molecule has 0 aliphatic heterocycles. The molecule has 0 aliphatic carbocycles. The van der Waals surface area contributed by atoms with Crippen LogP contribution in [-0.2, 0) is 6.54 Å². The molecule has 0 bridgehead atoms. The Bertz CT molecular complexity index is 182. The van der Waals surface area contributed by atoms with E-state index in [2.05, 4.69) is 24.1 Å². The Kier molecular flexibility index (Phi) is 3.52. The molecule has 1 aromatic heterocycles. The molecule has 1 N–H and O–H groups in total. The molecule has 0 aromatic carbocycles. The Morgan fingerprint density at radius 3 is 3.00 bits per heavy atom. The fourth-order valence-corrected chi connectivity index (χ4v) is 1.38. The van der Waals surface area contributed by atoms with Crippen LogP contribution in [0.1, 0.15) is 18.7 Å². The number of nitrogens with zero attached hydrogens (tertiary/aromatic N) is 1. The van der Waals surface area contributed by atoms with Crippen LogP contribution < -0.4 is 5.32 Å². The van der Waals surface area contributed by atoms with Crippen molar-refractivity contribution in [3.63, 3.8) is 0 Å². The zero-order valence-electron chi connectivity index (χ0n) is 7.00. The lowest BCUT2D eigenvalue weighted by Gasteiger charge is -2.04. The van der Waals surface area contributed by atoms with Crippen molar-refractivity contribution < 1.29 is 0 Å². The minimum Gasteiger partial charge on any atom is -0.312 e. The predicted octanol–water partition coefficient (Wildman–Crippen LogP) is 1.89. The van der Waals surface area contributed by atoms with Gasteiger partial charge >= 0.3 is 0 Å². The average Bonchev–Trinajstić information content (AvgIpc) is 2.39. The van der Waals surface area contributed by atoms with E-state index in [-0.39, 0.29) is 0 Å². The van der Waals surface area contributed by atoms with Crippen LogP contribution >= 0.6 is 11.3 Å². The van der Waals surface area contributed by atoms with Gasteiger partial charge in [-0.1, -0.05) is 13.8 Å². The maximum Gasteiger partial charge on any atom is 0.0794 e. The minimum atomic E-state index is 0.725. The number of hydrogen-bond acceptors (Lipinski definition) is 3. The average molecular weight is 170 g/mol. The molecule has 3 heteroatoms. The molecule has 0 aliphatic rings. The fraction of sp³-hybridized carbons (Fsp3) is 0.625. The van der Waals surface area contributed by atoms with Crippen molar-refractivity contribution in [2.75, 3.05) is 6.54 Å². The highest BCUT2D eigenvalue weighted by Crippen LogP contribution is 2.04. The van der Waals surface area contributed by atoms with Crippen LogP contribution in [0.5, 0.6) is 0 Å². The number of hydrogen-bond donors (Lipinski definition) is 1. The minimum absolute atomic E-state index is 0.725. The van der Waals surface area contributed by atoms with Crippen LogP contribution in [0, 0.1) is 5.92 Å². The van der Waals surface area contributed by atoms with Gasteiger partial charge in [-0.2, -0.15) is 0 Å². The lowest BCUT2D eigenvalue weighted by molar-refractivity contribution is 0.554. The van der Waals surface area contributed by atoms with E-state index in [0.717, 1.165) is 19.0 Å². The molecule has 0 unspecified atom stereocenters. The van der Waals surface area contributed by atoms with Gasteiger partial charge in [0.2, 0.25) is 0 Å². The SMILES string of the molecule is CC(C)CNCc1cncs1. The molecule has 1 rings (SSSR count). The normalized spacial score (nSPS) is 10.8. The molecule has 11 heavy (non-hydrogen) atoms. The summed E-state index contributed by atoms with van der Waals surface area (Å²) in [6.07, 6.45) is 1.91. The van der Waals surface area contributed by atoms with E-state index in [1.54, 1.807) is 11.3 Å². The van der Waals surface area contributed by atoms with Gasteiger partial charge < -0.3 is 5.32 Å². The number of thiazole rings is 1. The largest absolute Gasteiger partial charge is 0.312 e. The van der Waals surface area contributed by atoms with Crippen molar-refractivity contribution in [2.45, 2.75) is 20.4 Å². The van der Waals surface area contributed by atoms with Crippen LogP contribution in [0.15, 0.2) is 11.7 Å². The van der Waals surface area contributed by atoms with Crippen LogP contribution in [0.3, 0.4) is 0 Å². The third-order valence-electron chi connectivity index (χ3n) is 1.34. The fourth-order valence-electron chi connectivity index (χ4n) is 0.813. The molecule has 1 heterocycles. The monoisotopic (exact) mass is 170 g/mol. The van der Waals surface area contributed by atoms with Crippen LogP contribution in [-0.4, -0.2) is 11.5 Å². The maximum absolute atomic E-state index is 4.00. The number of rotatable bonds is 4. The van der Waals surface area contributed by atoms with Gasteiger partial charge in [0.1, 0.15) is 0 Å². The molecule has 0 saturated carbocycles. The molecule has 0 fully saturated rings. The molecular formula is C8H14N2S. The quantitative estimate of drug-likeness (QED) is 0.746. The van der Waals surface area contributed by atoms with E-state index < -0.39 is 0 Å². The van der Waals surface area contributed by atoms with Crippen molar-refractivity contribution in [3.05, 3.63) is 16.6 Å². The molecule has 1 aromatic rings. The molecular weight excluding hydrogens is 156 g/mol. The van der Waals surface area contributed by atoms with Crippen molar-refractivity contribution in [2.24, 2.45) is 5.92 Å². The topological polar surface area (TPSA) is 24.9 Å². The third kappa shape index (κ3) is 3.49. The van der Waals surface area contributed by atoms with Gasteiger partial charge in [0.25, 0.3) is 0 Å². The van der Waals surface area contributed by atoms with Gasteiger partial charge in [-0.05, 0) is 12.5 Å². The van der Waals surface area contributed by atoms with E-state index in [9.17, 15) is 0 Å². The van der Waals surface area contributed by atoms with Gasteiger partial charge in [-0.3, -0.25) is 4.98 Å². The second-order valence-electron chi connectivity index (χ2n) is 2.99. The summed E-state index contributed by atoms with van der Waals surface area (Å²) in [7, 11) is 0. The Morgan fingerprint density at radius 2 is 2.45 bits per heavy atom. The molecule has 2 nitrogen and oxygen atoms in total. The Morgan fingerprint density at radius 1 is 1.64 bits per heavy atom. The van der Waals surface area contributed by atoms with Crippen LogP contribution in [0.4, 0.5) is 0 Å². The summed E-state index contributed by atoms with van der Waals surface area (Å²) in [6.45, 7) is 6.46. The van der Waals surface area contributed by atoms with E-state index in [1.165, 1.54) is 4.88 Å². The van der Waals surface area contributed by atoms with Crippen molar-refractivity contribution >= 4 is 11.3 Å². The first-order valence-corrected chi connectivity index (χ1v) is 4.75. The standard InChI is InChI=1S/C8H14N2S/c1-7(2)3-9-4-8-5-10-6-11-8/h5-7,9H,3-4H2,1-2H3. The first-order chi connectivity index (χ1) is 5.29. The summed E-state index contributed by atoms with van der Waals surface area (Å²) in [4.78, 5) is 5.31. The second-order valence-corrected chi connectivity index (χ2v) is 3.96. The van der Waals surface area contributed by atoms with Crippen molar-refractivity contribution in [3.8, 4) is 0 Å². The van der Waals surface area contributed by atoms with Gasteiger partial charge in [-0.25, -0.2) is 0 Å². The Labute approximate surface area is 71.7 Å². The lowest BCUT2D eigenvalue weighted by Crippen LogP contribution is -2.18. The molecule has 0 spiro atoms. The Hall–Kier alpha value is -0.410. The molecule has 0 saturated heterocycles. The summed E-state index contributed by atoms with van der Waals surface area (Å²) >= 11 is 1.70. The molecule has 62 valence electrons. The predicted molar refractivity (Wildman–Crippen MR) is 48.7 cm³/mol. The number of aromatic nitrogens is 1. The Balaban J connectivity index is 2.14. The summed E-state index contributed by atoms with van der Waals surface area (Å²) in [5.41, 5.74) is 1.87. The first-order valence-electron chi connectivity index (χ1n) is 3.87. The van der Waals surface area contributed by atoms with Gasteiger partial charge in [-0.15, -0.1) is 11.3 Å². The van der Waals surface area contributed by atoms with Gasteiger partial charge in [0.05, 0.1) is 5.51 Å². The van der Waals surface area contributed by atoms with E-state index in [0.29, 0.717) is 0 Å². The maximum atomic E-state index is 4.00. The summed E-state index contributed by atoms with van der Waals surface area (Å²) in [5, 5.41) is 3.36.